The minimum Gasteiger partial charge on any atom is -0.495 e. The normalized spacial score (nSPS) is 11.4. The largest absolute Gasteiger partial charge is 0.495 e. The number of fused-ring (bicyclic) bond motifs is 1. The number of amides is 1. The van der Waals surface area contributed by atoms with Crippen LogP contribution in [0.15, 0.2) is 45.8 Å². The molecule has 148 valence electrons. The standard InChI is InChI=1S/C19H21N3O5S/c1-5-12-9-10-15(26-4)16(11-12)28(24,25)21-18-13-7-6-8-14(17(13)27-20-18)19(23)22(2)3/h6-11H,5H2,1-4H3,(H,20,21). The number of ether oxygens (including phenoxy) is 1. The van der Waals surface area contributed by atoms with Gasteiger partial charge in [-0.05, 0) is 36.2 Å². The summed E-state index contributed by atoms with van der Waals surface area (Å²) in [5, 5.41) is 4.22. The molecule has 0 fully saturated rings. The molecule has 0 saturated heterocycles. The molecule has 0 aliphatic heterocycles. The molecule has 0 aliphatic carbocycles. The molecule has 3 aromatic rings. The Kier molecular flexibility index (Phi) is 5.28. The van der Waals surface area contributed by atoms with Crippen LogP contribution in [0.3, 0.4) is 0 Å². The van der Waals surface area contributed by atoms with Crippen LogP contribution < -0.4 is 9.46 Å². The fourth-order valence-corrected chi connectivity index (χ4v) is 4.01. The molecular weight excluding hydrogens is 382 g/mol. The van der Waals surface area contributed by atoms with Crippen LogP contribution in [0.25, 0.3) is 11.0 Å². The summed E-state index contributed by atoms with van der Waals surface area (Å²) in [7, 11) is 0.653. The van der Waals surface area contributed by atoms with E-state index in [1.807, 2.05) is 13.0 Å². The van der Waals surface area contributed by atoms with Crippen molar-refractivity contribution in [1.82, 2.24) is 10.1 Å². The molecule has 2 aromatic carbocycles. The fourth-order valence-electron chi connectivity index (χ4n) is 2.78. The Morgan fingerprint density at radius 3 is 2.64 bits per heavy atom. The van der Waals surface area contributed by atoms with Gasteiger partial charge in [0.2, 0.25) is 0 Å². The summed E-state index contributed by atoms with van der Waals surface area (Å²) in [4.78, 5) is 13.7. The van der Waals surface area contributed by atoms with Crippen molar-refractivity contribution in [2.75, 3.05) is 25.9 Å². The van der Waals surface area contributed by atoms with Crippen LogP contribution in [0.1, 0.15) is 22.8 Å². The molecule has 1 heterocycles. The Bertz CT molecular complexity index is 1140. The topological polar surface area (TPSA) is 102 Å². The van der Waals surface area contributed by atoms with Gasteiger partial charge < -0.3 is 14.2 Å². The van der Waals surface area contributed by atoms with Gasteiger partial charge in [0.05, 0.1) is 18.1 Å². The minimum absolute atomic E-state index is 0.00558. The summed E-state index contributed by atoms with van der Waals surface area (Å²) in [6.07, 6.45) is 0.676. The average molecular weight is 403 g/mol. The molecule has 9 heteroatoms. The van der Waals surface area contributed by atoms with Gasteiger partial charge in [0.15, 0.2) is 11.4 Å². The highest BCUT2D eigenvalue weighted by molar-refractivity contribution is 7.92. The minimum atomic E-state index is -3.99. The molecule has 0 saturated carbocycles. The van der Waals surface area contributed by atoms with E-state index < -0.39 is 10.0 Å². The lowest BCUT2D eigenvalue weighted by molar-refractivity contribution is 0.0828. The second-order valence-corrected chi connectivity index (χ2v) is 8.01. The number of benzene rings is 2. The van der Waals surface area contributed by atoms with Gasteiger partial charge in [-0.25, -0.2) is 8.42 Å². The van der Waals surface area contributed by atoms with E-state index in [-0.39, 0.29) is 28.0 Å². The lowest BCUT2D eigenvalue weighted by Gasteiger charge is -2.12. The van der Waals surface area contributed by atoms with Gasteiger partial charge >= 0.3 is 0 Å². The Morgan fingerprint density at radius 2 is 2.00 bits per heavy atom. The summed E-state index contributed by atoms with van der Waals surface area (Å²) >= 11 is 0. The predicted molar refractivity (Wildman–Crippen MR) is 105 cm³/mol. The van der Waals surface area contributed by atoms with Crippen molar-refractivity contribution in [2.45, 2.75) is 18.2 Å². The maximum atomic E-state index is 13.0. The third kappa shape index (κ3) is 3.53. The van der Waals surface area contributed by atoms with Crippen molar-refractivity contribution in [3.8, 4) is 5.75 Å². The number of para-hydroxylation sites is 1. The number of methoxy groups -OCH3 is 1. The lowest BCUT2D eigenvalue weighted by Crippen LogP contribution is -2.21. The number of rotatable bonds is 6. The van der Waals surface area contributed by atoms with Crippen molar-refractivity contribution in [3.05, 3.63) is 47.5 Å². The lowest BCUT2D eigenvalue weighted by atomic mass is 10.1. The molecule has 1 amide bonds. The predicted octanol–water partition coefficient (Wildman–Crippen LogP) is 2.90. The second kappa shape index (κ2) is 7.51. The van der Waals surface area contributed by atoms with Crippen molar-refractivity contribution in [3.63, 3.8) is 0 Å². The molecular formula is C19H21N3O5S. The van der Waals surface area contributed by atoms with Crippen LogP contribution in [-0.2, 0) is 16.4 Å². The van der Waals surface area contributed by atoms with Crippen LogP contribution in [0, 0.1) is 0 Å². The van der Waals surface area contributed by atoms with Crippen LogP contribution in [0.5, 0.6) is 5.75 Å². The van der Waals surface area contributed by atoms with Crippen molar-refractivity contribution >= 4 is 32.7 Å². The van der Waals surface area contributed by atoms with Gasteiger partial charge in [0.25, 0.3) is 15.9 Å². The number of hydrogen-bond acceptors (Lipinski definition) is 6. The first kappa shape index (κ1) is 19.7. The molecule has 0 unspecified atom stereocenters. The monoisotopic (exact) mass is 403 g/mol. The zero-order valence-electron chi connectivity index (χ0n) is 16.0. The number of sulfonamides is 1. The van der Waals surface area contributed by atoms with Gasteiger partial charge in [-0.15, -0.1) is 0 Å². The van der Waals surface area contributed by atoms with E-state index in [9.17, 15) is 13.2 Å². The maximum Gasteiger partial charge on any atom is 0.266 e. The van der Waals surface area contributed by atoms with E-state index in [0.29, 0.717) is 17.4 Å². The number of aromatic nitrogens is 1. The van der Waals surface area contributed by atoms with Crippen molar-refractivity contribution < 1.29 is 22.5 Å². The molecule has 28 heavy (non-hydrogen) atoms. The third-order valence-corrected chi connectivity index (χ3v) is 5.65. The second-order valence-electron chi connectivity index (χ2n) is 6.36. The summed E-state index contributed by atoms with van der Waals surface area (Å²) in [6, 6.07) is 9.86. The van der Waals surface area contributed by atoms with E-state index in [4.69, 9.17) is 9.26 Å². The van der Waals surface area contributed by atoms with E-state index >= 15 is 0 Å². The van der Waals surface area contributed by atoms with Crippen LogP contribution in [0.2, 0.25) is 0 Å². The fraction of sp³-hybridized carbons (Fsp3) is 0.263. The molecule has 1 aromatic heterocycles. The third-order valence-electron chi connectivity index (χ3n) is 4.29. The summed E-state index contributed by atoms with van der Waals surface area (Å²) in [5.41, 5.74) is 1.37. The van der Waals surface area contributed by atoms with E-state index in [1.165, 1.54) is 12.0 Å². The summed E-state index contributed by atoms with van der Waals surface area (Å²) in [6.45, 7) is 1.93. The number of nitrogens with one attached hydrogen (secondary N) is 1. The SMILES string of the molecule is CCc1ccc(OC)c(S(=O)(=O)Nc2noc3c(C(=O)N(C)C)cccc23)c1. The number of aryl methyl sites for hydroxylation is 1. The molecule has 0 aliphatic rings. The van der Waals surface area contributed by atoms with E-state index in [0.717, 1.165) is 5.56 Å². The Balaban J connectivity index is 2.06. The number of carbonyl (C=O) groups is 1. The van der Waals surface area contributed by atoms with Gasteiger partial charge in [-0.3, -0.25) is 9.52 Å². The zero-order valence-corrected chi connectivity index (χ0v) is 16.8. The quantitative estimate of drug-likeness (QED) is 0.679. The number of hydrogen-bond donors (Lipinski definition) is 1. The molecule has 8 nitrogen and oxygen atoms in total. The van der Waals surface area contributed by atoms with Crippen LogP contribution in [-0.4, -0.2) is 45.6 Å². The zero-order chi connectivity index (χ0) is 20.5. The van der Waals surface area contributed by atoms with Crippen molar-refractivity contribution in [2.24, 2.45) is 0 Å². The van der Waals surface area contributed by atoms with Gasteiger partial charge in [-0.2, -0.15) is 0 Å². The van der Waals surface area contributed by atoms with Gasteiger partial charge in [0, 0.05) is 14.1 Å². The summed E-state index contributed by atoms with van der Waals surface area (Å²) < 4.78 is 38.9. The Hall–Kier alpha value is -3.07. The van der Waals surface area contributed by atoms with Crippen LogP contribution >= 0.6 is 0 Å². The number of nitrogens with zero attached hydrogens (tertiary/aromatic N) is 2. The first-order chi connectivity index (χ1) is 13.3. The van der Waals surface area contributed by atoms with Crippen LogP contribution in [0.4, 0.5) is 5.82 Å². The first-order valence-corrected chi connectivity index (χ1v) is 10.1. The highest BCUT2D eigenvalue weighted by Crippen LogP contribution is 2.31. The maximum absolute atomic E-state index is 13.0. The van der Waals surface area contributed by atoms with Crippen molar-refractivity contribution in [1.29, 1.82) is 0 Å². The smallest absolute Gasteiger partial charge is 0.266 e. The van der Waals surface area contributed by atoms with Gasteiger partial charge in [0.1, 0.15) is 10.6 Å². The molecule has 0 spiro atoms. The first-order valence-electron chi connectivity index (χ1n) is 8.58. The molecule has 3 rings (SSSR count). The molecule has 0 bridgehead atoms. The average Bonchev–Trinajstić information content (AvgIpc) is 3.09. The molecule has 0 radical (unpaired) electrons. The molecule has 1 N–H and O–H groups in total. The van der Waals surface area contributed by atoms with E-state index in [1.54, 1.807) is 44.4 Å². The number of anilines is 1. The highest BCUT2D eigenvalue weighted by atomic mass is 32.2. The molecule has 0 atom stereocenters. The van der Waals surface area contributed by atoms with Gasteiger partial charge in [-0.1, -0.05) is 24.2 Å². The summed E-state index contributed by atoms with van der Waals surface area (Å²) in [5.74, 6) is -0.0400. The Labute approximate surface area is 163 Å². The van der Waals surface area contributed by atoms with E-state index in [2.05, 4.69) is 9.88 Å². The highest BCUT2D eigenvalue weighted by Gasteiger charge is 2.24. The number of carbonyl (C=O) groups excluding carboxylic acids is 1. The Morgan fingerprint density at radius 1 is 1.25 bits per heavy atom.